The predicted octanol–water partition coefficient (Wildman–Crippen LogP) is 29.2. The van der Waals surface area contributed by atoms with E-state index in [1.165, 1.54) is 19.7 Å². The van der Waals surface area contributed by atoms with Crippen LogP contribution in [0.25, 0.3) is 0 Å². The second-order valence-corrected chi connectivity index (χ2v) is 89.2. The molecule has 0 aliphatic carbocycles. The highest BCUT2D eigenvalue weighted by Crippen LogP contribution is 2.68. The molecule has 0 aliphatic rings. The first-order valence-electron chi connectivity index (χ1n) is 8.25. The molecule has 0 heterocycles. The summed E-state index contributed by atoms with van der Waals surface area (Å²) in [4.78, 5) is 0. The Hall–Kier alpha value is 16.9. The lowest BCUT2D eigenvalue weighted by molar-refractivity contribution is 0.764. The SMILES string of the molecule is POS(=S)(=S)SSSSSSSSSSSSSSSSSSSSSSSSSSSSSSSSSSSSSSSSSSSSS. The topological polar surface area (TPSA) is 9.23 Å². The van der Waals surface area contributed by atoms with E-state index < -0.39 is 6.46 Å². The molecule has 0 aromatic carbocycles. The van der Waals surface area contributed by atoms with E-state index in [4.69, 9.17) is 26.3 Å². The van der Waals surface area contributed by atoms with Gasteiger partial charge in [-0.05, 0) is 101 Å². The number of rotatable bonds is 45. The molecule has 0 radical (unpaired) electrons. The fraction of sp³-hybridized carbons (Fsp3) is 0. The van der Waals surface area contributed by atoms with Gasteiger partial charge >= 0.3 is 0 Å². The van der Waals surface area contributed by atoms with Crippen molar-refractivity contribution >= 4 is 482 Å². The van der Waals surface area contributed by atoms with E-state index in [9.17, 15) is 0 Å². The van der Waals surface area contributed by atoms with Gasteiger partial charge in [0.15, 0.2) is 0 Å². The van der Waals surface area contributed by atoms with Gasteiger partial charge < -0.3 is 0 Å². The normalized spacial score (nSPS) is 12.0. The molecule has 0 aliphatic heterocycles. The highest BCUT2D eigenvalue weighted by atomic mass is 34.1. The molecule has 0 fully saturated rings. The molecule has 1 nitrogen and oxygen atoms in total. The first kappa shape index (κ1) is 66.9. The summed E-state index contributed by atoms with van der Waals surface area (Å²) in [5.41, 5.74) is 0. The number of hydrogen-bond donors (Lipinski definition) is 1. The second-order valence-electron chi connectivity index (χ2n) is 3.50. The van der Waals surface area contributed by atoms with Crippen molar-refractivity contribution in [3.63, 3.8) is 0 Å². The number of thiol groups is 1. The van der Waals surface area contributed by atoms with Gasteiger partial charge in [0, 0.05) is 363 Å². The molecule has 0 bridgehead atoms. The lowest BCUT2D eigenvalue weighted by Crippen LogP contribution is -1.81. The Morgan fingerprint density at radius 2 is 0.420 bits per heavy atom. The third-order valence-electron chi connectivity index (χ3n) is 1.40. The minimum absolute atomic E-state index is 1.44. The molecule has 0 amide bonds. The maximum absolute atomic E-state index is 5.14. The van der Waals surface area contributed by atoms with Crippen LogP contribution in [0, 0.1) is 0 Å². The summed E-state index contributed by atoms with van der Waals surface area (Å²) >= 11 is 14.4. The quantitative estimate of drug-likeness (QED) is 0.0268. The van der Waals surface area contributed by atoms with Crippen LogP contribution in [-0.4, -0.2) is 0 Å². The Kier molecular flexibility index (Phi) is 80.6. The lowest BCUT2D eigenvalue weighted by atomic mass is 15.9. The van der Waals surface area contributed by atoms with Gasteiger partial charge in [0.05, 0.1) is 6.46 Å². The average Bonchev–Trinajstić information content (AvgIpc) is 3.12. The van der Waals surface area contributed by atoms with Crippen molar-refractivity contribution in [2.24, 2.45) is 0 Å². The molecule has 0 saturated heterocycles. The summed E-state index contributed by atoms with van der Waals surface area (Å²) in [6.45, 7) is -1.83. The standard InChI is InChI=1S/H3OPS48/c2-1-50(4,5)49-48-47-46-45-44-43-42-41-40-39-38-37-36-35-34-33-32-31-30-29-28-27-26-25-24-23-22-21-20-19-18-17-16-15-14-13-12-11-10-9-8-7-6-3/h3H,2H2. The van der Waals surface area contributed by atoms with Gasteiger partial charge in [-0.3, -0.25) is 3.97 Å². The minimum Gasteiger partial charge on any atom is -0.285 e. The third kappa shape index (κ3) is 61.1. The van der Waals surface area contributed by atoms with Crippen molar-refractivity contribution < 1.29 is 3.97 Å². The zero-order valence-electron chi connectivity index (χ0n) is 20.6. The Morgan fingerprint density at radius 3 is 0.560 bits per heavy atom. The van der Waals surface area contributed by atoms with Gasteiger partial charge in [-0.15, -0.1) is 0 Å². The van der Waals surface area contributed by atoms with Crippen molar-refractivity contribution in [2.75, 3.05) is 0 Å². The van der Waals surface area contributed by atoms with E-state index >= 15 is 0 Å². The van der Waals surface area contributed by atoms with Gasteiger partial charge in [-0.1, -0.05) is 11.7 Å². The van der Waals surface area contributed by atoms with E-state index in [0.717, 1.165) is 0 Å². The molecule has 0 rings (SSSR count). The second kappa shape index (κ2) is 60.2. The largest absolute Gasteiger partial charge is 0.285 e. The molecule has 0 saturated carbocycles. The fourth-order valence-corrected chi connectivity index (χ4v) is 124. The summed E-state index contributed by atoms with van der Waals surface area (Å²) in [5.74, 6) is 0. The van der Waals surface area contributed by atoms with E-state index in [1.807, 2.05) is 265 Å². The molecule has 0 N–H and O–H groups in total. The molecule has 1 unspecified atom stereocenters. The van der Waals surface area contributed by atoms with Crippen LogP contribution in [0.5, 0.6) is 0 Å². The van der Waals surface area contributed by atoms with Crippen molar-refractivity contribution in [3.8, 4) is 0 Å². The van der Waals surface area contributed by atoms with Crippen LogP contribution in [0.3, 0.4) is 0 Å². The minimum atomic E-state index is -1.83. The molecule has 1 atom stereocenters. The van der Waals surface area contributed by atoms with Gasteiger partial charge in [0.1, 0.15) is 0 Å². The van der Waals surface area contributed by atoms with Crippen molar-refractivity contribution in [2.45, 2.75) is 0 Å². The highest BCUT2D eigenvalue weighted by Gasteiger charge is 2.05. The predicted molar refractivity (Wildman–Crippen MR) is 376 cm³/mol. The average molecular weight is 1590 g/mol. The summed E-state index contributed by atoms with van der Waals surface area (Å²) in [6, 6.07) is 0. The van der Waals surface area contributed by atoms with Crippen LogP contribution >= 0.6 is 453 Å². The Labute approximate surface area is 473 Å². The molecule has 0 spiro atoms. The van der Waals surface area contributed by atoms with E-state index in [-0.39, 0.29) is 0 Å². The Balaban J connectivity index is 3.07. The zero-order valence-corrected chi connectivity index (χ0v) is 61.0. The fourth-order valence-electron chi connectivity index (χ4n) is 0.527. The first-order valence-corrected chi connectivity index (χ1v) is 71.9. The van der Waals surface area contributed by atoms with Gasteiger partial charge in [0.25, 0.3) is 0 Å². The Bertz CT molecular complexity index is 697. The van der Waals surface area contributed by atoms with Crippen molar-refractivity contribution in [1.82, 2.24) is 0 Å². The van der Waals surface area contributed by atoms with Gasteiger partial charge in [-0.25, -0.2) is 0 Å². The smallest absolute Gasteiger partial charge is 0.0846 e. The summed E-state index contributed by atoms with van der Waals surface area (Å²) in [7, 11) is 80.4. The molecular formula is H3OPS48. The van der Waals surface area contributed by atoms with Gasteiger partial charge in [0.2, 0.25) is 0 Å². The van der Waals surface area contributed by atoms with Crippen LogP contribution < -0.4 is 0 Å². The van der Waals surface area contributed by atoms with Crippen molar-refractivity contribution in [3.05, 3.63) is 0 Å². The van der Waals surface area contributed by atoms with Crippen LogP contribution in [-0.2, 0) is 32.8 Å². The first-order chi connectivity index (χ1) is 24.6. The molecular weight excluding hydrogens is 1590 g/mol. The number of hydrogen-bond acceptors (Lipinski definition) is 48. The monoisotopic (exact) mass is 1580 g/mol. The van der Waals surface area contributed by atoms with Crippen LogP contribution in [0.2, 0.25) is 0 Å². The van der Waals surface area contributed by atoms with E-state index in [1.54, 1.807) is 147 Å². The maximum Gasteiger partial charge on any atom is 0.0846 e. The maximum atomic E-state index is 5.14. The Morgan fingerprint density at radius 1 is 0.280 bits per heavy atom. The molecule has 0 aromatic rings. The van der Waals surface area contributed by atoms with E-state index in [0.29, 0.717) is 0 Å². The van der Waals surface area contributed by atoms with Crippen LogP contribution in [0.4, 0.5) is 0 Å². The molecule has 50 heavy (non-hydrogen) atoms. The lowest BCUT2D eigenvalue weighted by Gasteiger charge is -2.03. The van der Waals surface area contributed by atoms with Crippen LogP contribution in [0.1, 0.15) is 0 Å². The van der Waals surface area contributed by atoms with Gasteiger partial charge in [-0.2, -0.15) is 0 Å². The zero-order chi connectivity index (χ0) is 36.3. The third-order valence-corrected chi connectivity index (χ3v) is 105. The molecule has 302 valence electrons. The summed E-state index contributed by atoms with van der Waals surface area (Å²) in [6.07, 6.45) is 0. The molecule has 0 aromatic heterocycles. The van der Waals surface area contributed by atoms with Crippen LogP contribution in [0.15, 0.2) is 0 Å². The summed E-state index contributed by atoms with van der Waals surface area (Å²) in [5, 5.41) is 0. The van der Waals surface area contributed by atoms with Crippen molar-refractivity contribution in [1.29, 1.82) is 0 Å². The molecule has 50 heteroatoms. The summed E-state index contributed by atoms with van der Waals surface area (Å²) < 4.78 is 5.02. The van der Waals surface area contributed by atoms with E-state index in [2.05, 4.69) is 21.1 Å². The highest BCUT2D eigenvalue weighted by molar-refractivity contribution is 9.63.